The monoisotopic (exact) mass is 272 g/mol. The number of epoxide rings is 1. The van der Waals surface area contributed by atoms with Gasteiger partial charge in [0, 0.05) is 0 Å². The summed E-state index contributed by atoms with van der Waals surface area (Å²) in [6.07, 6.45) is 13.4. The highest BCUT2D eigenvalue weighted by atomic mass is 16.6. The third-order valence-corrected chi connectivity index (χ3v) is 4.50. The van der Waals surface area contributed by atoms with E-state index in [2.05, 4.69) is 66.6 Å². The summed E-state index contributed by atoms with van der Waals surface area (Å²) in [7, 11) is 0. The molecule has 0 N–H and O–H groups in total. The second-order valence-electron chi connectivity index (χ2n) is 5.73. The van der Waals surface area contributed by atoms with Crippen LogP contribution in [-0.2, 0) is 4.74 Å². The van der Waals surface area contributed by atoms with Crippen LogP contribution in [0.15, 0.2) is 60.7 Å². The van der Waals surface area contributed by atoms with E-state index in [1.165, 1.54) is 21.9 Å². The minimum Gasteiger partial charge on any atom is -0.371 e. The highest BCUT2D eigenvalue weighted by Gasteiger charge is 2.44. The van der Waals surface area contributed by atoms with Crippen LogP contribution in [0.4, 0.5) is 0 Å². The molecule has 0 bridgehead atoms. The third-order valence-electron chi connectivity index (χ3n) is 4.50. The van der Waals surface area contributed by atoms with Crippen LogP contribution < -0.4 is 0 Å². The molecule has 0 spiro atoms. The van der Waals surface area contributed by atoms with Gasteiger partial charge in [-0.05, 0) is 28.3 Å². The predicted molar refractivity (Wildman–Crippen MR) is 86.7 cm³/mol. The van der Waals surface area contributed by atoms with Gasteiger partial charge < -0.3 is 4.74 Å². The van der Waals surface area contributed by atoms with E-state index in [4.69, 9.17) is 11.2 Å². The molecule has 1 saturated heterocycles. The van der Waals surface area contributed by atoms with Crippen LogP contribution in [0.3, 0.4) is 0 Å². The van der Waals surface area contributed by atoms with Gasteiger partial charge in [-0.2, -0.15) is 0 Å². The van der Waals surface area contributed by atoms with E-state index in [9.17, 15) is 0 Å². The maximum absolute atomic E-state index is 5.74. The number of terminal acetylenes is 1. The van der Waals surface area contributed by atoms with Gasteiger partial charge in [0.25, 0.3) is 0 Å². The van der Waals surface area contributed by atoms with Gasteiger partial charge >= 0.3 is 0 Å². The third kappa shape index (κ3) is 2.00. The lowest BCUT2D eigenvalue weighted by atomic mass is 9.77. The van der Waals surface area contributed by atoms with Crippen LogP contribution in [0.25, 0.3) is 16.3 Å². The summed E-state index contributed by atoms with van der Waals surface area (Å²) in [6.45, 7) is 0.784. The number of ether oxygens (including phenoxy) is 1. The lowest BCUT2D eigenvalue weighted by molar-refractivity contribution is 0.315. The largest absolute Gasteiger partial charge is 0.371 e. The minimum atomic E-state index is -0.242. The zero-order valence-electron chi connectivity index (χ0n) is 11.8. The standard InChI is InChI=1S/C20H16O/c1-2-20(19-14-21-19)12-10-16(11-13-20)18-9-5-7-15-6-3-4-8-17(15)18/h1,3-12,19H,13-14H2. The maximum atomic E-state index is 5.74. The van der Waals surface area contributed by atoms with E-state index in [1.54, 1.807) is 0 Å². The van der Waals surface area contributed by atoms with Crippen molar-refractivity contribution in [3.05, 3.63) is 66.3 Å². The van der Waals surface area contributed by atoms with E-state index < -0.39 is 0 Å². The molecule has 2 aromatic rings. The van der Waals surface area contributed by atoms with Gasteiger partial charge in [0.1, 0.15) is 6.10 Å². The molecule has 2 atom stereocenters. The van der Waals surface area contributed by atoms with E-state index in [0.29, 0.717) is 0 Å². The molecular formula is C20H16O. The van der Waals surface area contributed by atoms with Crippen molar-refractivity contribution in [2.24, 2.45) is 5.41 Å². The molecule has 0 radical (unpaired) electrons. The van der Waals surface area contributed by atoms with Crippen molar-refractivity contribution in [3.63, 3.8) is 0 Å². The van der Waals surface area contributed by atoms with Gasteiger partial charge in [-0.25, -0.2) is 0 Å². The van der Waals surface area contributed by atoms with E-state index in [0.717, 1.165) is 13.0 Å². The molecule has 1 aliphatic heterocycles. The zero-order chi connectivity index (χ0) is 14.3. The van der Waals surface area contributed by atoms with E-state index in [1.807, 2.05) is 0 Å². The lowest BCUT2D eigenvalue weighted by Crippen LogP contribution is -2.24. The topological polar surface area (TPSA) is 12.5 Å². The van der Waals surface area contributed by atoms with Crippen LogP contribution >= 0.6 is 0 Å². The Labute approximate surface area is 124 Å². The fourth-order valence-electron chi connectivity index (χ4n) is 3.11. The van der Waals surface area contributed by atoms with Gasteiger partial charge in [0.2, 0.25) is 0 Å². The van der Waals surface area contributed by atoms with Gasteiger partial charge in [0.05, 0.1) is 12.0 Å². The summed E-state index contributed by atoms with van der Waals surface area (Å²) < 4.78 is 5.43. The molecule has 0 saturated carbocycles. The predicted octanol–water partition coefficient (Wildman–Crippen LogP) is 4.20. The number of benzene rings is 2. The van der Waals surface area contributed by atoms with Crippen LogP contribution in [-0.4, -0.2) is 12.7 Å². The van der Waals surface area contributed by atoms with Crippen molar-refractivity contribution < 1.29 is 4.74 Å². The number of hydrogen-bond donors (Lipinski definition) is 0. The SMILES string of the molecule is C#CC1(C2CO2)C=CC(c2cccc3ccccc23)=CC1. The molecule has 1 aliphatic carbocycles. The lowest BCUT2D eigenvalue weighted by Gasteiger charge is -2.25. The van der Waals surface area contributed by atoms with Crippen LogP contribution in [0.1, 0.15) is 12.0 Å². The smallest absolute Gasteiger partial charge is 0.101 e. The normalized spacial score (nSPS) is 27.2. The Balaban J connectivity index is 1.75. The number of fused-ring (bicyclic) bond motifs is 1. The summed E-state index contributed by atoms with van der Waals surface area (Å²) in [5, 5.41) is 2.55. The van der Waals surface area contributed by atoms with Gasteiger partial charge in [-0.1, -0.05) is 66.6 Å². The number of allylic oxidation sites excluding steroid dienone is 3. The first-order valence-electron chi connectivity index (χ1n) is 7.29. The molecule has 1 nitrogen and oxygen atoms in total. The highest BCUT2D eigenvalue weighted by molar-refractivity contribution is 5.96. The van der Waals surface area contributed by atoms with Gasteiger partial charge in [-0.15, -0.1) is 6.42 Å². The van der Waals surface area contributed by atoms with E-state index in [-0.39, 0.29) is 11.5 Å². The second kappa shape index (κ2) is 4.62. The maximum Gasteiger partial charge on any atom is 0.101 e. The van der Waals surface area contributed by atoms with Gasteiger partial charge in [0.15, 0.2) is 0 Å². The fraction of sp³-hybridized carbons (Fsp3) is 0.200. The molecule has 1 heterocycles. The van der Waals surface area contributed by atoms with Crippen molar-refractivity contribution in [1.29, 1.82) is 0 Å². The first-order chi connectivity index (χ1) is 10.3. The Morgan fingerprint density at radius 3 is 2.67 bits per heavy atom. The average molecular weight is 272 g/mol. The van der Waals surface area contributed by atoms with E-state index >= 15 is 0 Å². The fourth-order valence-corrected chi connectivity index (χ4v) is 3.11. The molecule has 2 aromatic carbocycles. The number of rotatable bonds is 2. The quantitative estimate of drug-likeness (QED) is 0.589. The Bertz CT molecular complexity index is 797. The molecule has 2 unspecified atom stereocenters. The Morgan fingerprint density at radius 2 is 1.95 bits per heavy atom. The summed E-state index contributed by atoms with van der Waals surface area (Å²) in [5.41, 5.74) is 2.28. The van der Waals surface area contributed by atoms with Crippen LogP contribution in [0, 0.1) is 17.8 Å². The Kier molecular flexibility index (Phi) is 2.74. The van der Waals surface area contributed by atoms with Crippen LogP contribution in [0.2, 0.25) is 0 Å². The second-order valence-corrected chi connectivity index (χ2v) is 5.73. The van der Waals surface area contributed by atoms with Crippen molar-refractivity contribution in [2.45, 2.75) is 12.5 Å². The molecule has 2 aliphatic rings. The molecule has 21 heavy (non-hydrogen) atoms. The minimum absolute atomic E-state index is 0.198. The summed E-state index contributed by atoms with van der Waals surface area (Å²) in [4.78, 5) is 0. The molecule has 102 valence electrons. The first-order valence-corrected chi connectivity index (χ1v) is 7.29. The molecule has 1 fully saturated rings. The molecule has 0 aromatic heterocycles. The average Bonchev–Trinajstić information content (AvgIpc) is 3.40. The van der Waals surface area contributed by atoms with Crippen LogP contribution in [0.5, 0.6) is 0 Å². The molecule has 4 rings (SSSR count). The molecule has 1 heteroatoms. The molecule has 0 amide bonds. The highest BCUT2D eigenvalue weighted by Crippen LogP contribution is 2.42. The molecular weight excluding hydrogens is 256 g/mol. The van der Waals surface area contributed by atoms with Crippen molar-refractivity contribution in [3.8, 4) is 12.3 Å². The Hall–Kier alpha value is -2.30. The summed E-state index contributed by atoms with van der Waals surface area (Å²) >= 11 is 0. The first kappa shape index (κ1) is 12.4. The van der Waals surface area contributed by atoms with Crippen molar-refractivity contribution in [2.75, 3.05) is 6.61 Å². The Morgan fingerprint density at radius 1 is 1.14 bits per heavy atom. The zero-order valence-corrected chi connectivity index (χ0v) is 11.8. The summed E-state index contributed by atoms with van der Waals surface area (Å²) in [5.74, 6) is 2.93. The number of hydrogen-bond acceptors (Lipinski definition) is 1. The van der Waals surface area contributed by atoms with Crippen molar-refractivity contribution >= 4 is 16.3 Å². The summed E-state index contributed by atoms with van der Waals surface area (Å²) in [6, 6.07) is 14.9. The van der Waals surface area contributed by atoms with Crippen molar-refractivity contribution in [1.82, 2.24) is 0 Å². The van der Waals surface area contributed by atoms with Gasteiger partial charge in [-0.3, -0.25) is 0 Å².